The number of amides is 1. The number of aliphatic hydroxyl groups is 3. The number of aliphatic hydroxyl groups excluding tert-OH is 3. The SMILES string of the molecule is C[C@H]1[C@H](C)CC[C@]2(C(=O)NCc3cn(-c4ccccc4Cl)nn3)CC[C@]3(C)C(=CC[C@@H]4[C@@]5(C)C[C@@H](O)[C@H](O)[C@@](C)(CO)[C@@H]5CC[C@]43C)[C@H]12. The Balaban J connectivity index is 1.20. The molecule has 1 amide bonds. The fourth-order valence-corrected chi connectivity index (χ4v) is 12.7. The van der Waals surface area contributed by atoms with E-state index >= 15 is 0 Å². The average Bonchev–Trinajstić information content (AvgIpc) is 3.53. The molecule has 48 heavy (non-hydrogen) atoms. The second-order valence-electron chi connectivity index (χ2n) is 17.5. The molecule has 0 saturated heterocycles. The van der Waals surface area contributed by atoms with E-state index in [9.17, 15) is 20.1 Å². The van der Waals surface area contributed by atoms with Gasteiger partial charge in [-0.3, -0.25) is 4.79 Å². The molecule has 0 radical (unpaired) electrons. The van der Waals surface area contributed by atoms with Gasteiger partial charge >= 0.3 is 0 Å². The predicted octanol–water partition coefficient (Wildman–Crippen LogP) is 6.50. The van der Waals surface area contributed by atoms with Crippen molar-refractivity contribution in [3.05, 3.63) is 52.8 Å². The number of rotatable bonds is 5. The molecule has 4 saturated carbocycles. The minimum atomic E-state index is -0.922. The van der Waals surface area contributed by atoms with Gasteiger partial charge in [-0.2, -0.15) is 0 Å². The second kappa shape index (κ2) is 11.6. The van der Waals surface area contributed by atoms with Crippen LogP contribution in [0, 0.1) is 56.7 Å². The molecular weight excluding hydrogens is 624 g/mol. The van der Waals surface area contributed by atoms with Gasteiger partial charge in [0.15, 0.2) is 0 Å². The summed E-state index contributed by atoms with van der Waals surface area (Å²) in [7, 11) is 0. The summed E-state index contributed by atoms with van der Waals surface area (Å²) >= 11 is 6.40. The molecule has 12 atom stereocenters. The van der Waals surface area contributed by atoms with Gasteiger partial charge in [-0.05, 0) is 109 Å². The van der Waals surface area contributed by atoms with E-state index in [1.54, 1.807) is 4.68 Å². The molecule has 5 aliphatic rings. The number of para-hydroxylation sites is 1. The highest BCUT2D eigenvalue weighted by atomic mass is 35.5. The Morgan fingerprint density at radius 1 is 1.04 bits per heavy atom. The fraction of sp³-hybridized carbons (Fsp3) is 0.718. The van der Waals surface area contributed by atoms with E-state index in [2.05, 4.69) is 56.3 Å². The van der Waals surface area contributed by atoms with Crippen LogP contribution in [0.5, 0.6) is 0 Å². The van der Waals surface area contributed by atoms with Gasteiger partial charge in [0.2, 0.25) is 5.91 Å². The van der Waals surface area contributed by atoms with Crippen molar-refractivity contribution in [3.63, 3.8) is 0 Å². The monoisotopic (exact) mass is 678 g/mol. The van der Waals surface area contributed by atoms with Gasteiger partial charge in [0.05, 0.1) is 47.7 Å². The van der Waals surface area contributed by atoms with E-state index < -0.39 is 23.0 Å². The number of fused-ring (bicyclic) bond motifs is 7. The predicted molar refractivity (Wildman–Crippen MR) is 186 cm³/mol. The van der Waals surface area contributed by atoms with Gasteiger partial charge < -0.3 is 20.6 Å². The molecule has 0 spiro atoms. The van der Waals surface area contributed by atoms with Crippen LogP contribution in [0.15, 0.2) is 42.1 Å². The van der Waals surface area contributed by atoms with Crippen molar-refractivity contribution in [1.82, 2.24) is 20.3 Å². The lowest BCUT2D eigenvalue weighted by Gasteiger charge is -2.71. The zero-order valence-electron chi connectivity index (χ0n) is 29.5. The molecule has 4 fully saturated rings. The van der Waals surface area contributed by atoms with E-state index in [4.69, 9.17) is 11.6 Å². The van der Waals surface area contributed by atoms with Gasteiger partial charge in [-0.1, -0.05) is 82.1 Å². The highest BCUT2D eigenvalue weighted by Crippen LogP contribution is 2.75. The van der Waals surface area contributed by atoms with Crippen molar-refractivity contribution in [1.29, 1.82) is 0 Å². The second-order valence-corrected chi connectivity index (χ2v) is 17.9. The summed E-state index contributed by atoms with van der Waals surface area (Å²) < 4.78 is 1.66. The van der Waals surface area contributed by atoms with Crippen LogP contribution in [-0.4, -0.2) is 55.0 Å². The third kappa shape index (κ3) is 4.60. The fourth-order valence-electron chi connectivity index (χ4n) is 12.5. The summed E-state index contributed by atoms with van der Waals surface area (Å²) in [5.41, 5.74) is 1.40. The summed E-state index contributed by atoms with van der Waals surface area (Å²) in [6, 6.07) is 7.51. The minimum absolute atomic E-state index is 0.0268. The molecular formula is C39H55ClN4O4. The van der Waals surface area contributed by atoms with Gasteiger partial charge in [0.25, 0.3) is 0 Å². The van der Waals surface area contributed by atoms with Crippen molar-refractivity contribution in [2.75, 3.05) is 6.61 Å². The normalized spacial score (nSPS) is 45.2. The molecule has 0 unspecified atom stereocenters. The maximum Gasteiger partial charge on any atom is 0.227 e. The van der Waals surface area contributed by atoms with Crippen LogP contribution in [0.2, 0.25) is 5.02 Å². The van der Waals surface area contributed by atoms with E-state index in [1.807, 2.05) is 37.4 Å². The van der Waals surface area contributed by atoms with E-state index in [0.29, 0.717) is 41.4 Å². The highest BCUT2D eigenvalue weighted by Gasteiger charge is 2.70. The van der Waals surface area contributed by atoms with Crippen LogP contribution in [-0.2, 0) is 11.3 Å². The van der Waals surface area contributed by atoms with E-state index in [-0.39, 0.29) is 40.6 Å². The maximum atomic E-state index is 14.6. The number of nitrogens with one attached hydrogen (secondary N) is 1. The van der Waals surface area contributed by atoms with Crippen molar-refractivity contribution >= 4 is 17.5 Å². The van der Waals surface area contributed by atoms with Gasteiger partial charge in [-0.25, -0.2) is 4.68 Å². The summed E-state index contributed by atoms with van der Waals surface area (Å²) in [6.07, 6.45) is 9.69. The number of nitrogens with zero attached hydrogens (tertiary/aromatic N) is 3. The van der Waals surface area contributed by atoms with Crippen molar-refractivity contribution in [2.45, 2.75) is 112 Å². The Morgan fingerprint density at radius 3 is 2.52 bits per heavy atom. The van der Waals surface area contributed by atoms with Crippen LogP contribution >= 0.6 is 11.6 Å². The standard InChI is InChI=1S/C39H55ClN4O4/c1-23-13-16-39(34(48)41-20-25-21-44(43-42-25)28-10-8-7-9-27(28)40)18-17-37(5)26(32(39)24(23)2)11-12-31-35(3)19-29(46)33(47)36(4,22-45)30(35)14-15-38(31,37)6/h7-11,21,23-24,29-33,45-47H,12-20,22H2,1-6H3,(H,41,48)/t23-,24+,29-,30-,31-,32+,33+,35+,36+,37-,38-,39+/m1/s1. The molecule has 1 aromatic heterocycles. The molecule has 2 aromatic rings. The quantitative estimate of drug-likeness (QED) is 0.268. The third-order valence-electron chi connectivity index (χ3n) is 15.6. The van der Waals surface area contributed by atoms with Gasteiger partial charge in [-0.15, -0.1) is 5.10 Å². The lowest BCUT2D eigenvalue weighted by Crippen LogP contribution is -2.68. The minimum Gasteiger partial charge on any atom is -0.396 e. The first kappa shape index (κ1) is 34.2. The summed E-state index contributed by atoms with van der Waals surface area (Å²) in [6.45, 7) is 14.2. The molecule has 0 bridgehead atoms. The number of hydrogen-bond acceptors (Lipinski definition) is 6. The zero-order chi connectivity index (χ0) is 34.4. The Morgan fingerprint density at radius 2 is 1.79 bits per heavy atom. The molecule has 7 rings (SSSR count). The van der Waals surface area contributed by atoms with Crippen LogP contribution in [0.4, 0.5) is 0 Å². The van der Waals surface area contributed by atoms with Gasteiger partial charge in [0.1, 0.15) is 5.69 Å². The first-order valence-electron chi connectivity index (χ1n) is 18.3. The average molecular weight is 679 g/mol. The molecule has 8 nitrogen and oxygen atoms in total. The summed E-state index contributed by atoms with van der Waals surface area (Å²) in [4.78, 5) is 14.6. The molecule has 1 aromatic carbocycles. The Hall–Kier alpha value is -2.26. The summed E-state index contributed by atoms with van der Waals surface area (Å²) in [5.74, 6) is 1.62. The topological polar surface area (TPSA) is 121 Å². The molecule has 1 heterocycles. The van der Waals surface area contributed by atoms with Crippen LogP contribution in [0.3, 0.4) is 0 Å². The largest absolute Gasteiger partial charge is 0.396 e. The number of hydrogen-bond donors (Lipinski definition) is 4. The molecule has 9 heteroatoms. The Bertz CT molecular complexity index is 1610. The van der Waals surface area contributed by atoms with Crippen molar-refractivity contribution in [3.8, 4) is 5.69 Å². The molecule has 0 aliphatic heterocycles. The van der Waals surface area contributed by atoms with E-state index in [0.717, 1.165) is 50.6 Å². The van der Waals surface area contributed by atoms with Crippen molar-refractivity contribution < 1.29 is 20.1 Å². The number of aromatic nitrogens is 3. The van der Waals surface area contributed by atoms with Crippen LogP contribution in [0.25, 0.3) is 5.69 Å². The zero-order valence-corrected chi connectivity index (χ0v) is 30.3. The Kier molecular flexibility index (Phi) is 8.30. The van der Waals surface area contributed by atoms with Crippen LogP contribution in [0.1, 0.15) is 98.6 Å². The summed E-state index contributed by atoms with van der Waals surface area (Å²) in [5, 5.41) is 45.5. The third-order valence-corrected chi connectivity index (χ3v) is 15.9. The number of halogens is 1. The Labute approximate surface area is 290 Å². The van der Waals surface area contributed by atoms with Gasteiger partial charge in [0, 0.05) is 5.41 Å². The highest BCUT2D eigenvalue weighted by molar-refractivity contribution is 6.32. The first-order chi connectivity index (χ1) is 22.7. The number of carbonyl (C=O) groups is 1. The number of benzene rings is 1. The maximum absolute atomic E-state index is 14.6. The smallest absolute Gasteiger partial charge is 0.227 e. The first-order valence-corrected chi connectivity index (χ1v) is 18.7. The molecule has 262 valence electrons. The van der Waals surface area contributed by atoms with Crippen molar-refractivity contribution in [2.24, 2.45) is 56.7 Å². The lowest BCUT2D eigenvalue weighted by molar-refractivity contribution is -0.243. The molecule has 5 aliphatic carbocycles. The lowest BCUT2D eigenvalue weighted by atomic mass is 9.33. The van der Waals surface area contributed by atoms with E-state index in [1.165, 1.54) is 5.57 Å². The number of carbonyl (C=O) groups excluding carboxylic acids is 1. The van der Waals surface area contributed by atoms with Crippen LogP contribution < -0.4 is 5.32 Å². The molecule has 4 N–H and O–H groups in total. The number of allylic oxidation sites excluding steroid dienone is 2.